The molecule has 0 aromatic rings. The highest BCUT2D eigenvalue weighted by atomic mass is 16.5. The summed E-state index contributed by atoms with van der Waals surface area (Å²) in [5.74, 6) is 2.29. The molecule has 1 fully saturated rings. The molecular weight excluding hydrogens is 212 g/mol. The van der Waals surface area contributed by atoms with Gasteiger partial charge in [-0.1, -0.05) is 20.4 Å². The number of ketones is 1. The van der Waals surface area contributed by atoms with Crippen LogP contribution in [-0.4, -0.2) is 11.9 Å². The Morgan fingerprint density at radius 2 is 2.12 bits per heavy atom. The van der Waals surface area contributed by atoms with Crippen LogP contribution in [-0.2, 0) is 9.53 Å². The molecule has 2 rings (SSSR count). The summed E-state index contributed by atoms with van der Waals surface area (Å²) in [6, 6.07) is 0. The van der Waals surface area contributed by atoms with E-state index < -0.39 is 0 Å². The van der Waals surface area contributed by atoms with Gasteiger partial charge in [0.1, 0.15) is 11.5 Å². The van der Waals surface area contributed by atoms with E-state index in [1.165, 1.54) is 0 Å². The van der Waals surface area contributed by atoms with Gasteiger partial charge < -0.3 is 4.74 Å². The van der Waals surface area contributed by atoms with Crippen molar-refractivity contribution in [1.82, 2.24) is 0 Å². The molecule has 2 nitrogen and oxygen atoms in total. The first-order chi connectivity index (χ1) is 7.97. The van der Waals surface area contributed by atoms with E-state index in [4.69, 9.17) is 4.74 Å². The van der Waals surface area contributed by atoms with Crippen molar-refractivity contribution in [2.45, 2.75) is 40.2 Å². The number of carbonyl (C=O) groups excluding carboxylic acids is 1. The lowest BCUT2D eigenvalue weighted by atomic mass is 9.83. The van der Waals surface area contributed by atoms with E-state index in [1.54, 1.807) is 6.08 Å². The number of rotatable bonds is 2. The number of Topliss-reactive ketones (excluding diaryl/α,β-unsaturated/α-hetero) is 1. The summed E-state index contributed by atoms with van der Waals surface area (Å²) >= 11 is 0. The van der Waals surface area contributed by atoms with Gasteiger partial charge in [-0.3, -0.25) is 4.79 Å². The summed E-state index contributed by atoms with van der Waals surface area (Å²) in [5, 5.41) is 0. The number of hydrogen-bond acceptors (Lipinski definition) is 2. The van der Waals surface area contributed by atoms with Crippen molar-refractivity contribution in [1.29, 1.82) is 0 Å². The first-order valence-corrected chi connectivity index (χ1v) is 6.51. The summed E-state index contributed by atoms with van der Waals surface area (Å²) in [4.78, 5) is 12.5. The van der Waals surface area contributed by atoms with Gasteiger partial charge in [-0.15, -0.1) is 0 Å². The molecule has 1 heterocycles. The minimum absolute atomic E-state index is 0.0687. The second-order valence-corrected chi connectivity index (χ2v) is 5.70. The molecule has 17 heavy (non-hydrogen) atoms. The van der Waals surface area contributed by atoms with Crippen LogP contribution in [0.15, 0.2) is 24.0 Å². The molecule has 0 aromatic carbocycles. The Balaban J connectivity index is 2.37. The van der Waals surface area contributed by atoms with Crippen LogP contribution in [0.25, 0.3) is 0 Å². The lowest BCUT2D eigenvalue weighted by Crippen LogP contribution is -2.32. The fraction of sp³-hybridized carbons (Fsp3) is 0.667. The smallest absolute Gasteiger partial charge is 0.143 e. The van der Waals surface area contributed by atoms with Gasteiger partial charge in [-0.25, -0.2) is 0 Å². The maximum atomic E-state index is 12.5. The van der Waals surface area contributed by atoms with Crippen LogP contribution in [0.4, 0.5) is 0 Å². The summed E-state index contributed by atoms with van der Waals surface area (Å²) in [6.45, 7) is 12.1. The van der Waals surface area contributed by atoms with Gasteiger partial charge in [0.2, 0.25) is 0 Å². The first kappa shape index (κ1) is 12.4. The number of allylic oxidation sites excluding steroid dienone is 2. The summed E-state index contributed by atoms with van der Waals surface area (Å²) in [5.41, 5.74) is 1.08. The van der Waals surface area contributed by atoms with Gasteiger partial charge in [0, 0.05) is 17.8 Å². The molecule has 4 unspecified atom stereocenters. The summed E-state index contributed by atoms with van der Waals surface area (Å²) in [7, 11) is 0. The van der Waals surface area contributed by atoms with Crippen molar-refractivity contribution in [3.8, 4) is 0 Å². The molecule has 1 saturated carbocycles. The lowest BCUT2D eigenvalue weighted by molar-refractivity contribution is -0.125. The van der Waals surface area contributed by atoms with Crippen LogP contribution in [0, 0.1) is 23.7 Å². The van der Waals surface area contributed by atoms with Gasteiger partial charge in [0.15, 0.2) is 0 Å². The average Bonchev–Trinajstić information content (AvgIpc) is 2.62. The average molecular weight is 234 g/mol. The normalized spacial score (nSPS) is 37.1. The van der Waals surface area contributed by atoms with Crippen LogP contribution < -0.4 is 0 Å². The predicted molar refractivity (Wildman–Crippen MR) is 68.4 cm³/mol. The maximum Gasteiger partial charge on any atom is 0.143 e. The Labute approximate surface area is 104 Å². The quantitative estimate of drug-likeness (QED) is 0.732. The number of ether oxygens (including phenoxy) is 1. The van der Waals surface area contributed by atoms with Crippen LogP contribution in [0.1, 0.15) is 34.1 Å². The number of carbonyl (C=O) groups is 1. The van der Waals surface area contributed by atoms with Crippen molar-refractivity contribution < 1.29 is 9.53 Å². The highest BCUT2D eigenvalue weighted by molar-refractivity contribution is 5.89. The Morgan fingerprint density at radius 1 is 1.47 bits per heavy atom. The number of fused-ring (bicyclic) bond motifs is 1. The minimum atomic E-state index is 0.0687. The van der Waals surface area contributed by atoms with E-state index in [1.807, 2.05) is 6.92 Å². The van der Waals surface area contributed by atoms with E-state index in [9.17, 15) is 4.79 Å². The van der Waals surface area contributed by atoms with E-state index in [0.29, 0.717) is 17.6 Å². The Bertz CT molecular complexity index is 378. The Kier molecular flexibility index (Phi) is 3.15. The highest BCUT2D eigenvalue weighted by Gasteiger charge is 2.49. The first-order valence-electron chi connectivity index (χ1n) is 6.51. The van der Waals surface area contributed by atoms with E-state index in [2.05, 4.69) is 27.4 Å². The second kappa shape index (κ2) is 4.32. The van der Waals surface area contributed by atoms with Gasteiger partial charge in [0.05, 0.1) is 6.10 Å². The van der Waals surface area contributed by atoms with Crippen LogP contribution in [0.3, 0.4) is 0 Å². The molecule has 0 amide bonds. The fourth-order valence-electron chi connectivity index (χ4n) is 3.33. The van der Waals surface area contributed by atoms with Crippen molar-refractivity contribution in [2.75, 3.05) is 0 Å². The molecule has 1 aliphatic heterocycles. The zero-order valence-electron chi connectivity index (χ0n) is 11.2. The summed E-state index contributed by atoms with van der Waals surface area (Å²) < 4.78 is 5.85. The monoisotopic (exact) mass is 234 g/mol. The highest BCUT2D eigenvalue weighted by Crippen LogP contribution is 2.47. The molecule has 0 aromatic heterocycles. The topological polar surface area (TPSA) is 26.3 Å². The molecule has 2 aliphatic rings. The van der Waals surface area contributed by atoms with Crippen LogP contribution >= 0.6 is 0 Å². The van der Waals surface area contributed by atoms with Crippen LogP contribution in [0.5, 0.6) is 0 Å². The molecule has 0 saturated heterocycles. The van der Waals surface area contributed by atoms with E-state index in [-0.39, 0.29) is 17.9 Å². The number of hydrogen-bond donors (Lipinski definition) is 0. The molecule has 94 valence electrons. The largest absolute Gasteiger partial charge is 0.490 e. The SMILES string of the molecule is C=CC1=C(C)C2C(=O)C(C(C)C)CC2C(C)O1. The maximum absolute atomic E-state index is 12.5. The third-order valence-electron chi connectivity index (χ3n) is 4.39. The van der Waals surface area contributed by atoms with Crippen molar-refractivity contribution >= 4 is 5.78 Å². The van der Waals surface area contributed by atoms with Crippen LogP contribution in [0.2, 0.25) is 0 Å². The molecule has 0 spiro atoms. The second-order valence-electron chi connectivity index (χ2n) is 5.70. The third kappa shape index (κ3) is 1.84. The van der Waals surface area contributed by atoms with Gasteiger partial charge >= 0.3 is 0 Å². The standard InChI is InChI=1S/C15H22O2/c1-6-13-9(4)14-12(10(5)17-13)7-11(8(2)3)15(14)16/h6,8,10-12,14H,1,7H2,2-5H3. The van der Waals surface area contributed by atoms with E-state index >= 15 is 0 Å². The zero-order chi connectivity index (χ0) is 12.7. The van der Waals surface area contributed by atoms with E-state index in [0.717, 1.165) is 17.8 Å². The van der Waals surface area contributed by atoms with Crippen molar-refractivity contribution in [2.24, 2.45) is 23.7 Å². The summed E-state index contributed by atoms with van der Waals surface area (Å²) in [6.07, 6.45) is 2.84. The molecule has 0 N–H and O–H groups in total. The predicted octanol–water partition coefficient (Wildman–Crippen LogP) is 3.34. The van der Waals surface area contributed by atoms with Gasteiger partial charge in [-0.2, -0.15) is 0 Å². The Morgan fingerprint density at radius 3 is 2.65 bits per heavy atom. The Hall–Kier alpha value is -1.05. The molecule has 1 aliphatic carbocycles. The van der Waals surface area contributed by atoms with Gasteiger partial charge in [-0.05, 0) is 37.8 Å². The lowest BCUT2D eigenvalue weighted by Gasteiger charge is -2.33. The molecule has 4 atom stereocenters. The van der Waals surface area contributed by atoms with Crippen molar-refractivity contribution in [3.63, 3.8) is 0 Å². The molecule has 0 radical (unpaired) electrons. The molecular formula is C15H22O2. The minimum Gasteiger partial charge on any atom is -0.490 e. The van der Waals surface area contributed by atoms with Crippen molar-refractivity contribution in [3.05, 3.63) is 24.0 Å². The van der Waals surface area contributed by atoms with Gasteiger partial charge in [0.25, 0.3) is 0 Å². The molecule has 0 bridgehead atoms. The molecule has 2 heteroatoms. The zero-order valence-corrected chi connectivity index (χ0v) is 11.2. The fourth-order valence-corrected chi connectivity index (χ4v) is 3.33. The third-order valence-corrected chi connectivity index (χ3v) is 4.39.